The number of anilines is 1. The quantitative estimate of drug-likeness (QED) is 0.719. The first-order valence-corrected chi connectivity index (χ1v) is 5.48. The second kappa shape index (κ2) is 4.29. The monoisotopic (exact) mass is 238 g/mol. The topological polar surface area (TPSA) is 70.7 Å². The number of amides is 1. The zero-order chi connectivity index (χ0) is 12.4. The molecule has 0 saturated heterocycles. The van der Waals surface area contributed by atoms with Gasteiger partial charge in [-0.25, -0.2) is 9.97 Å². The maximum atomic E-state index is 12.0. The fourth-order valence-electron chi connectivity index (χ4n) is 1.70. The first-order valence-electron chi connectivity index (χ1n) is 5.48. The molecule has 5 nitrogen and oxygen atoms in total. The number of H-pyrrole nitrogens is 1. The van der Waals surface area contributed by atoms with Crippen LogP contribution >= 0.6 is 0 Å². The van der Waals surface area contributed by atoms with Crippen LogP contribution in [0.1, 0.15) is 10.4 Å². The van der Waals surface area contributed by atoms with Crippen LogP contribution in [0.5, 0.6) is 0 Å². The molecule has 18 heavy (non-hydrogen) atoms. The maximum absolute atomic E-state index is 12.0. The van der Waals surface area contributed by atoms with E-state index in [0.717, 1.165) is 11.0 Å². The molecule has 0 saturated carbocycles. The summed E-state index contributed by atoms with van der Waals surface area (Å²) < 4.78 is 0. The number of fused-ring (bicyclic) bond motifs is 1. The van der Waals surface area contributed by atoms with Crippen molar-refractivity contribution in [2.45, 2.75) is 0 Å². The third kappa shape index (κ3) is 1.93. The number of hydrogen-bond acceptors (Lipinski definition) is 3. The summed E-state index contributed by atoms with van der Waals surface area (Å²) in [6.07, 6.45) is 3.23. The highest BCUT2D eigenvalue weighted by atomic mass is 16.1. The molecule has 2 N–H and O–H groups in total. The Labute approximate surface area is 103 Å². The molecule has 3 rings (SSSR count). The predicted octanol–water partition coefficient (Wildman–Crippen LogP) is 2.21. The number of benzene rings is 1. The molecule has 3 aromatic rings. The van der Waals surface area contributed by atoms with E-state index in [2.05, 4.69) is 20.3 Å². The SMILES string of the molecule is O=C(Nc1ccccn1)c1ccc2nc[nH]c2c1. The second-order valence-electron chi connectivity index (χ2n) is 3.80. The van der Waals surface area contributed by atoms with Crippen LogP contribution < -0.4 is 5.32 Å². The minimum atomic E-state index is -0.190. The molecule has 1 amide bonds. The average Bonchev–Trinajstić information content (AvgIpc) is 2.87. The van der Waals surface area contributed by atoms with Gasteiger partial charge < -0.3 is 10.3 Å². The van der Waals surface area contributed by atoms with Crippen molar-refractivity contribution in [2.24, 2.45) is 0 Å². The van der Waals surface area contributed by atoms with Gasteiger partial charge in [0.2, 0.25) is 0 Å². The lowest BCUT2D eigenvalue weighted by molar-refractivity contribution is 0.102. The van der Waals surface area contributed by atoms with Gasteiger partial charge in [-0.15, -0.1) is 0 Å². The number of carbonyl (C=O) groups is 1. The number of rotatable bonds is 2. The summed E-state index contributed by atoms with van der Waals surface area (Å²) in [6, 6.07) is 10.7. The molecule has 0 fully saturated rings. The second-order valence-corrected chi connectivity index (χ2v) is 3.80. The summed E-state index contributed by atoms with van der Waals surface area (Å²) in [5.41, 5.74) is 2.24. The van der Waals surface area contributed by atoms with Gasteiger partial charge in [0.15, 0.2) is 0 Å². The van der Waals surface area contributed by atoms with Crippen molar-refractivity contribution in [3.8, 4) is 0 Å². The fourth-order valence-corrected chi connectivity index (χ4v) is 1.70. The first kappa shape index (κ1) is 10.5. The molecule has 0 atom stereocenters. The van der Waals surface area contributed by atoms with Crippen LogP contribution in [0, 0.1) is 0 Å². The number of aromatic nitrogens is 3. The maximum Gasteiger partial charge on any atom is 0.256 e. The largest absolute Gasteiger partial charge is 0.345 e. The van der Waals surface area contributed by atoms with Crippen molar-refractivity contribution in [3.63, 3.8) is 0 Å². The number of nitrogens with one attached hydrogen (secondary N) is 2. The van der Waals surface area contributed by atoms with Crippen LogP contribution in [0.4, 0.5) is 5.82 Å². The molecule has 0 aliphatic heterocycles. The minimum absolute atomic E-state index is 0.190. The van der Waals surface area contributed by atoms with Crippen LogP contribution in [0.3, 0.4) is 0 Å². The molecule has 0 aliphatic rings. The Hall–Kier alpha value is -2.69. The molecular weight excluding hydrogens is 228 g/mol. The van der Waals surface area contributed by atoms with Crippen molar-refractivity contribution < 1.29 is 4.79 Å². The van der Waals surface area contributed by atoms with Crippen LogP contribution in [0.25, 0.3) is 11.0 Å². The molecule has 0 bridgehead atoms. The van der Waals surface area contributed by atoms with E-state index < -0.39 is 0 Å². The number of aromatic amines is 1. The van der Waals surface area contributed by atoms with Crippen molar-refractivity contribution >= 4 is 22.8 Å². The number of pyridine rings is 1. The number of nitrogens with zero attached hydrogens (tertiary/aromatic N) is 2. The van der Waals surface area contributed by atoms with Gasteiger partial charge in [-0.1, -0.05) is 6.07 Å². The van der Waals surface area contributed by atoms with Gasteiger partial charge in [0, 0.05) is 11.8 Å². The van der Waals surface area contributed by atoms with Crippen molar-refractivity contribution in [2.75, 3.05) is 5.32 Å². The molecule has 0 spiro atoms. The van der Waals surface area contributed by atoms with Gasteiger partial charge in [-0.3, -0.25) is 4.79 Å². The minimum Gasteiger partial charge on any atom is -0.345 e. The zero-order valence-corrected chi connectivity index (χ0v) is 9.42. The van der Waals surface area contributed by atoms with E-state index in [4.69, 9.17) is 0 Å². The lowest BCUT2D eigenvalue weighted by atomic mass is 10.2. The summed E-state index contributed by atoms with van der Waals surface area (Å²) in [6.45, 7) is 0. The fraction of sp³-hybridized carbons (Fsp3) is 0. The molecule has 2 heterocycles. The molecule has 0 radical (unpaired) electrons. The first-order chi connectivity index (χ1) is 8.83. The highest BCUT2D eigenvalue weighted by Gasteiger charge is 2.07. The van der Waals surface area contributed by atoms with Crippen molar-refractivity contribution in [3.05, 3.63) is 54.5 Å². The highest BCUT2D eigenvalue weighted by molar-refractivity contribution is 6.05. The molecule has 1 aromatic carbocycles. The molecule has 88 valence electrons. The predicted molar refractivity (Wildman–Crippen MR) is 68.3 cm³/mol. The summed E-state index contributed by atoms with van der Waals surface area (Å²) in [4.78, 5) is 23.1. The third-order valence-electron chi connectivity index (χ3n) is 2.59. The van der Waals surface area contributed by atoms with Gasteiger partial charge in [-0.2, -0.15) is 0 Å². The van der Waals surface area contributed by atoms with E-state index in [1.807, 2.05) is 6.07 Å². The Morgan fingerprint density at radius 1 is 1.17 bits per heavy atom. The number of hydrogen-bond donors (Lipinski definition) is 2. The Bertz CT molecular complexity index is 690. The smallest absolute Gasteiger partial charge is 0.256 e. The zero-order valence-electron chi connectivity index (χ0n) is 9.42. The Morgan fingerprint density at radius 3 is 2.94 bits per heavy atom. The molecule has 0 unspecified atom stereocenters. The summed E-state index contributed by atoms with van der Waals surface area (Å²) >= 11 is 0. The molecular formula is C13H10N4O. The summed E-state index contributed by atoms with van der Waals surface area (Å²) in [5, 5.41) is 2.73. The normalized spacial score (nSPS) is 10.4. The van der Waals surface area contributed by atoms with Gasteiger partial charge in [0.1, 0.15) is 5.82 Å². The molecule has 2 aromatic heterocycles. The molecule has 5 heteroatoms. The highest BCUT2D eigenvalue weighted by Crippen LogP contribution is 2.13. The Morgan fingerprint density at radius 2 is 2.11 bits per heavy atom. The molecule has 0 aliphatic carbocycles. The van der Waals surface area contributed by atoms with E-state index >= 15 is 0 Å². The van der Waals surface area contributed by atoms with Gasteiger partial charge >= 0.3 is 0 Å². The Kier molecular flexibility index (Phi) is 2.49. The Balaban J connectivity index is 1.87. The van der Waals surface area contributed by atoms with Crippen LogP contribution in [0.15, 0.2) is 48.9 Å². The van der Waals surface area contributed by atoms with E-state index in [0.29, 0.717) is 11.4 Å². The number of imidazole rings is 1. The van der Waals surface area contributed by atoms with Gasteiger partial charge in [0.25, 0.3) is 5.91 Å². The van der Waals surface area contributed by atoms with Crippen LogP contribution in [-0.2, 0) is 0 Å². The van der Waals surface area contributed by atoms with Gasteiger partial charge in [0.05, 0.1) is 17.4 Å². The van der Waals surface area contributed by atoms with Gasteiger partial charge in [-0.05, 0) is 30.3 Å². The number of carbonyl (C=O) groups excluding carboxylic acids is 1. The standard InChI is InChI=1S/C13H10N4O/c18-13(17-12-3-1-2-6-14-12)9-4-5-10-11(7-9)16-8-15-10/h1-8H,(H,15,16)(H,14,17,18). The average molecular weight is 238 g/mol. The lowest BCUT2D eigenvalue weighted by Crippen LogP contribution is -2.12. The van der Waals surface area contributed by atoms with E-state index in [1.165, 1.54) is 0 Å². The summed E-state index contributed by atoms with van der Waals surface area (Å²) in [7, 11) is 0. The summed E-state index contributed by atoms with van der Waals surface area (Å²) in [5.74, 6) is 0.345. The van der Waals surface area contributed by atoms with E-state index in [-0.39, 0.29) is 5.91 Å². The third-order valence-corrected chi connectivity index (χ3v) is 2.59. The van der Waals surface area contributed by atoms with Crippen molar-refractivity contribution in [1.29, 1.82) is 0 Å². The van der Waals surface area contributed by atoms with E-state index in [1.54, 1.807) is 42.9 Å². The lowest BCUT2D eigenvalue weighted by Gasteiger charge is -2.03. The van der Waals surface area contributed by atoms with E-state index in [9.17, 15) is 4.79 Å². The van der Waals surface area contributed by atoms with Crippen molar-refractivity contribution in [1.82, 2.24) is 15.0 Å². The van der Waals surface area contributed by atoms with Crippen LogP contribution in [0.2, 0.25) is 0 Å². The van der Waals surface area contributed by atoms with Crippen LogP contribution in [-0.4, -0.2) is 20.9 Å².